The minimum Gasteiger partial charge on any atom is -0.330 e. The van der Waals surface area contributed by atoms with Crippen LogP contribution in [0.3, 0.4) is 0 Å². The molecule has 0 heterocycles. The van der Waals surface area contributed by atoms with Crippen LogP contribution in [-0.2, 0) is 0 Å². The fourth-order valence-corrected chi connectivity index (χ4v) is 2.04. The van der Waals surface area contributed by atoms with E-state index in [0.717, 1.165) is 19.1 Å². The van der Waals surface area contributed by atoms with Gasteiger partial charge in [0.2, 0.25) is 0 Å². The number of nitrogens with zero attached hydrogens (tertiary/aromatic N) is 1. The Hall–Kier alpha value is -0.0800. The third kappa shape index (κ3) is 6.16. The molecule has 0 saturated heterocycles. The van der Waals surface area contributed by atoms with Crippen LogP contribution in [-0.4, -0.2) is 31.1 Å². The topological polar surface area (TPSA) is 29.3 Å². The highest BCUT2D eigenvalue weighted by Crippen LogP contribution is 2.18. The minimum absolute atomic E-state index is 0.244. The fourth-order valence-electron chi connectivity index (χ4n) is 2.04. The maximum absolute atomic E-state index is 5.77. The Labute approximate surface area is 96.2 Å². The van der Waals surface area contributed by atoms with E-state index in [0.29, 0.717) is 0 Å². The molecule has 2 nitrogen and oxygen atoms in total. The molecule has 0 aliphatic carbocycles. The molecule has 0 aliphatic rings. The van der Waals surface area contributed by atoms with Gasteiger partial charge in [-0.15, -0.1) is 0 Å². The van der Waals surface area contributed by atoms with Gasteiger partial charge in [-0.2, -0.15) is 0 Å². The van der Waals surface area contributed by atoms with Crippen molar-refractivity contribution in [1.82, 2.24) is 4.90 Å². The predicted molar refractivity (Wildman–Crippen MR) is 69.1 cm³/mol. The van der Waals surface area contributed by atoms with E-state index in [1.54, 1.807) is 0 Å². The summed E-state index contributed by atoms with van der Waals surface area (Å²) in [6.07, 6.45) is 5.21. The molecule has 92 valence electrons. The Morgan fingerprint density at radius 1 is 1.27 bits per heavy atom. The first-order valence-corrected chi connectivity index (χ1v) is 6.37. The number of hydrogen-bond donors (Lipinski definition) is 1. The Bertz CT molecular complexity index is 155. The lowest BCUT2D eigenvalue weighted by molar-refractivity contribution is 0.152. The monoisotopic (exact) mass is 214 g/mol. The molecule has 0 aliphatic heterocycles. The van der Waals surface area contributed by atoms with E-state index >= 15 is 0 Å². The Morgan fingerprint density at radius 2 is 1.87 bits per heavy atom. The van der Waals surface area contributed by atoms with Gasteiger partial charge in [-0.25, -0.2) is 0 Å². The summed E-state index contributed by atoms with van der Waals surface area (Å²) in [5.41, 5.74) is 6.01. The highest BCUT2D eigenvalue weighted by molar-refractivity contribution is 4.77. The molecule has 2 heteroatoms. The zero-order valence-corrected chi connectivity index (χ0v) is 11.3. The molecule has 15 heavy (non-hydrogen) atoms. The van der Waals surface area contributed by atoms with Crippen molar-refractivity contribution in [1.29, 1.82) is 0 Å². The molecule has 0 radical (unpaired) electrons. The number of hydrogen-bond acceptors (Lipinski definition) is 2. The van der Waals surface area contributed by atoms with Gasteiger partial charge in [-0.3, -0.25) is 0 Å². The van der Waals surface area contributed by atoms with Crippen molar-refractivity contribution in [2.24, 2.45) is 11.1 Å². The van der Waals surface area contributed by atoms with Crippen LogP contribution < -0.4 is 5.73 Å². The summed E-state index contributed by atoms with van der Waals surface area (Å²) in [4.78, 5) is 2.49. The summed E-state index contributed by atoms with van der Waals surface area (Å²) in [7, 11) is 2.24. The second kappa shape index (κ2) is 7.24. The third-order valence-electron chi connectivity index (χ3n) is 3.22. The van der Waals surface area contributed by atoms with Crippen LogP contribution in [0, 0.1) is 5.41 Å². The molecule has 0 rings (SSSR count). The summed E-state index contributed by atoms with van der Waals surface area (Å²) in [6.45, 7) is 10.9. The minimum atomic E-state index is 0.244. The maximum atomic E-state index is 5.77. The van der Waals surface area contributed by atoms with Gasteiger partial charge in [0.25, 0.3) is 0 Å². The van der Waals surface area contributed by atoms with Crippen molar-refractivity contribution in [2.45, 2.75) is 59.4 Å². The standard InChI is InChI=1S/C13H30N2/c1-6-8-9-12(7-2)15(5)11-13(3,4)10-14/h12H,6-11,14H2,1-5H3. The van der Waals surface area contributed by atoms with Crippen LogP contribution in [0.4, 0.5) is 0 Å². The van der Waals surface area contributed by atoms with Gasteiger partial charge in [0, 0.05) is 12.6 Å². The SMILES string of the molecule is CCCCC(CC)N(C)CC(C)(C)CN. The van der Waals surface area contributed by atoms with Gasteiger partial charge < -0.3 is 10.6 Å². The van der Waals surface area contributed by atoms with Gasteiger partial charge in [-0.05, 0) is 31.8 Å². The van der Waals surface area contributed by atoms with E-state index in [9.17, 15) is 0 Å². The number of unbranched alkanes of at least 4 members (excludes halogenated alkanes) is 1. The lowest BCUT2D eigenvalue weighted by atomic mass is 9.92. The number of rotatable bonds is 8. The van der Waals surface area contributed by atoms with E-state index in [2.05, 4.69) is 39.6 Å². The maximum Gasteiger partial charge on any atom is 0.00898 e. The first kappa shape index (κ1) is 14.9. The van der Waals surface area contributed by atoms with Crippen molar-refractivity contribution in [3.05, 3.63) is 0 Å². The van der Waals surface area contributed by atoms with E-state index < -0.39 is 0 Å². The van der Waals surface area contributed by atoms with Gasteiger partial charge >= 0.3 is 0 Å². The van der Waals surface area contributed by atoms with Crippen molar-refractivity contribution < 1.29 is 0 Å². The van der Waals surface area contributed by atoms with E-state index in [4.69, 9.17) is 5.73 Å². The Balaban J connectivity index is 4.08. The van der Waals surface area contributed by atoms with E-state index in [1.807, 2.05) is 0 Å². The quantitative estimate of drug-likeness (QED) is 0.673. The third-order valence-corrected chi connectivity index (χ3v) is 3.22. The summed E-state index contributed by atoms with van der Waals surface area (Å²) in [5.74, 6) is 0. The van der Waals surface area contributed by atoms with E-state index in [-0.39, 0.29) is 5.41 Å². The zero-order valence-electron chi connectivity index (χ0n) is 11.3. The second-order valence-electron chi connectivity index (χ2n) is 5.49. The average Bonchev–Trinajstić information content (AvgIpc) is 2.18. The Kier molecular flexibility index (Phi) is 7.20. The predicted octanol–water partition coefficient (Wildman–Crippen LogP) is 2.87. The largest absolute Gasteiger partial charge is 0.330 e. The summed E-state index contributed by atoms with van der Waals surface area (Å²) < 4.78 is 0. The normalized spacial score (nSPS) is 14.6. The van der Waals surface area contributed by atoms with Crippen LogP contribution in [0.1, 0.15) is 53.4 Å². The van der Waals surface area contributed by atoms with Crippen LogP contribution in [0.2, 0.25) is 0 Å². The van der Waals surface area contributed by atoms with Crippen molar-refractivity contribution in [3.63, 3.8) is 0 Å². The molecule has 2 N–H and O–H groups in total. The van der Waals surface area contributed by atoms with Crippen LogP contribution in [0.15, 0.2) is 0 Å². The lowest BCUT2D eigenvalue weighted by Crippen LogP contribution is -2.41. The highest BCUT2D eigenvalue weighted by atomic mass is 15.1. The van der Waals surface area contributed by atoms with E-state index in [1.165, 1.54) is 25.7 Å². The summed E-state index contributed by atoms with van der Waals surface area (Å²) >= 11 is 0. The molecule has 1 unspecified atom stereocenters. The fraction of sp³-hybridized carbons (Fsp3) is 1.00. The molecule has 0 bridgehead atoms. The molecule has 0 spiro atoms. The average molecular weight is 214 g/mol. The first-order chi connectivity index (χ1) is 6.96. The van der Waals surface area contributed by atoms with Gasteiger partial charge in [-0.1, -0.05) is 40.5 Å². The first-order valence-electron chi connectivity index (χ1n) is 6.37. The van der Waals surface area contributed by atoms with Gasteiger partial charge in [0.1, 0.15) is 0 Å². The highest BCUT2D eigenvalue weighted by Gasteiger charge is 2.21. The number of nitrogens with two attached hydrogens (primary N) is 1. The molecule has 0 fully saturated rings. The zero-order chi connectivity index (χ0) is 11.9. The summed E-state index contributed by atoms with van der Waals surface area (Å²) in [5, 5.41) is 0. The molecule has 0 amide bonds. The van der Waals surface area contributed by atoms with Crippen LogP contribution >= 0.6 is 0 Å². The Morgan fingerprint density at radius 3 is 2.27 bits per heavy atom. The van der Waals surface area contributed by atoms with Crippen molar-refractivity contribution in [2.75, 3.05) is 20.1 Å². The molecule has 0 aromatic carbocycles. The smallest absolute Gasteiger partial charge is 0.00898 e. The second-order valence-corrected chi connectivity index (χ2v) is 5.49. The lowest BCUT2D eigenvalue weighted by Gasteiger charge is -2.34. The molecule has 1 atom stereocenters. The molecular formula is C13H30N2. The van der Waals surface area contributed by atoms with Crippen LogP contribution in [0.5, 0.6) is 0 Å². The van der Waals surface area contributed by atoms with Gasteiger partial charge in [0.15, 0.2) is 0 Å². The molecular weight excluding hydrogens is 184 g/mol. The molecule has 0 aromatic rings. The van der Waals surface area contributed by atoms with Crippen molar-refractivity contribution >= 4 is 0 Å². The van der Waals surface area contributed by atoms with Gasteiger partial charge in [0.05, 0.1) is 0 Å². The van der Waals surface area contributed by atoms with Crippen LogP contribution in [0.25, 0.3) is 0 Å². The van der Waals surface area contributed by atoms with Crippen molar-refractivity contribution in [3.8, 4) is 0 Å². The molecule has 0 saturated carbocycles. The summed E-state index contributed by atoms with van der Waals surface area (Å²) in [6, 6.07) is 0.732. The molecule has 0 aromatic heterocycles.